The van der Waals surface area contributed by atoms with E-state index in [0.717, 1.165) is 28.0 Å². The van der Waals surface area contributed by atoms with Gasteiger partial charge in [-0.2, -0.15) is 0 Å². The van der Waals surface area contributed by atoms with Crippen molar-refractivity contribution < 1.29 is 4.42 Å². The molecule has 0 unspecified atom stereocenters. The molecule has 0 radical (unpaired) electrons. The van der Waals surface area contributed by atoms with Crippen LogP contribution in [0.3, 0.4) is 0 Å². The molecule has 0 spiro atoms. The van der Waals surface area contributed by atoms with Crippen molar-refractivity contribution in [2.24, 2.45) is 7.05 Å². The van der Waals surface area contributed by atoms with Gasteiger partial charge < -0.3 is 8.98 Å². The predicted octanol–water partition coefficient (Wildman–Crippen LogP) is 3.29. The molecule has 1 aromatic carbocycles. The number of rotatable bonds is 2. The fourth-order valence-corrected chi connectivity index (χ4v) is 2.46. The second kappa shape index (κ2) is 4.56. The summed E-state index contributed by atoms with van der Waals surface area (Å²) in [5.74, 6) is 1.51. The molecule has 0 fully saturated rings. The van der Waals surface area contributed by atoms with Crippen LogP contribution in [0, 0.1) is 0 Å². The largest absolute Gasteiger partial charge is 0.463 e. The number of nitrogens with zero attached hydrogens (tertiary/aromatic N) is 4. The van der Waals surface area contributed by atoms with Crippen molar-refractivity contribution in [1.82, 2.24) is 19.7 Å². The van der Waals surface area contributed by atoms with Gasteiger partial charge in [-0.3, -0.25) is 0 Å². The number of fused-ring (bicyclic) bond motifs is 1. The molecule has 0 bridgehead atoms. The number of hydrogen-bond acceptors (Lipinski definition) is 4. The lowest BCUT2D eigenvalue weighted by Gasteiger charge is -2.07. The Morgan fingerprint density at radius 1 is 0.952 bits per heavy atom. The molecule has 21 heavy (non-hydrogen) atoms. The van der Waals surface area contributed by atoms with Crippen LogP contribution in [-0.4, -0.2) is 19.7 Å². The van der Waals surface area contributed by atoms with Crippen molar-refractivity contribution in [2.45, 2.75) is 0 Å². The Bertz CT molecular complexity index is 909. The highest BCUT2D eigenvalue weighted by Crippen LogP contribution is 2.31. The fourth-order valence-electron chi connectivity index (χ4n) is 2.46. The molecule has 5 heteroatoms. The first-order chi connectivity index (χ1) is 10.3. The zero-order valence-corrected chi connectivity index (χ0v) is 11.4. The van der Waals surface area contributed by atoms with Crippen LogP contribution in [0.25, 0.3) is 33.7 Å². The van der Waals surface area contributed by atoms with E-state index in [-0.39, 0.29) is 0 Å². The van der Waals surface area contributed by atoms with Crippen molar-refractivity contribution in [3.05, 3.63) is 55.1 Å². The molecule has 0 N–H and O–H groups in total. The van der Waals surface area contributed by atoms with E-state index in [1.165, 1.54) is 0 Å². The summed E-state index contributed by atoms with van der Waals surface area (Å²) in [4.78, 5) is 4.37. The molecule has 4 rings (SSSR count). The third-order valence-electron chi connectivity index (χ3n) is 3.47. The molecule has 5 nitrogen and oxygen atoms in total. The van der Waals surface area contributed by atoms with Crippen LogP contribution >= 0.6 is 0 Å². The van der Waals surface area contributed by atoms with Gasteiger partial charge in [-0.15, -0.1) is 10.2 Å². The SMILES string of the molecule is Cn1ccnc1-c1nnc(-c2ccco2)c2ccccc12. The minimum absolute atomic E-state index is 0.713. The summed E-state index contributed by atoms with van der Waals surface area (Å²) in [6, 6.07) is 11.8. The first kappa shape index (κ1) is 11.8. The molecule has 0 saturated carbocycles. The van der Waals surface area contributed by atoms with Crippen molar-refractivity contribution in [2.75, 3.05) is 0 Å². The standard InChI is InChI=1S/C16H12N4O/c1-20-9-8-17-16(20)15-12-6-3-2-5-11(12)14(18-19-15)13-7-4-10-21-13/h2-10H,1H3. The predicted molar refractivity (Wildman–Crippen MR) is 79.4 cm³/mol. The molecule has 0 amide bonds. The monoisotopic (exact) mass is 276 g/mol. The molecule has 4 aromatic rings. The van der Waals surface area contributed by atoms with E-state index in [0.29, 0.717) is 5.76 Å². The van der Waals surface area contributed by atoms with Gasteiger partial charge in [-0.05, 0) is 12.1 Å². The zero-order chi connectivity index (χ0) is 14.2. The van der Waals surface area contributed by atoms with Gasteiger partial charge in [0, 0.05) is 30.2 Å². The number of aromatic nitrogens is 4. The average molecular weight is 276 g/mol. The van der Waals surface area contributed by atoms with E-state index in [2.05, 4.69) is 15.2 Å². The lowest BCUT2D eigenvalue weighted by molar-refractivity contribution is 0.579. The minimum atomic E-state index is 0.713. The highest BCUT2D eigenvalue weighted by atomic mass is 16.3. The van der Waals surface area contributed by atoms with Gasteiger partial charge in [-0.25, -0.2) is 4.98 Å². The van der Waals surface area contributed by atoms with Crippen molar-refractivity contribution in [1.29, 1.82) is 0 Å². The summed E-state index contributed by atoms with van der Waals surface area (Å²) in [6.07, 6.45) is 5.29. The molecule has 0 saturated heterocycles. The third-order valence-corrected chi connectivity index (χ3v) is 3.47. The van der Waals surface area contributed by atoms with Crippen molar-refractivity contribution in [3.63, 3.8) is 0 Å². The Morgan fingerprint density at radius 3 is 2.38 bits per heavy atom. The van der Waals surface area contributed by atoms with Gasteiger partial charge in [0.2, 0.25) is 0 Å². The van der Waals surface area contributed by atoms with Crippen LogP contribution in [0.5, 0.6) is 0 Å². The normalized spacial score (nSPS) is 11.1. The summed E-state index contributed by atoms with van der Waals surface area (Å²) >= 11 is 0. The van der Waals surface area contributed by atoms with E-state index >= 15 is 0 Å². The molecule has 3 aromatic heterocycles. The summed E-state index contributed by atoms with van der Waals surface area (Å²) in [6.45, 7) is 0. The maximum atomic E-state index is 5.46. The van der Waals surface area contributed by atoms with E-state index in [9.17, 15) is 0 Å². The van der Waals surface area contributed by atoms with Gasteiger partial charge in [0.05, 0.1) is 6.26 Å². The fraction of sp³-hybridized carbons (Fsp3) is 0.0625. The lowest BCUT2D eigenvalue weighted by Crippen LogP contribution is -1.98. The Morgan fingerprint density at radius 2 is 1.71 bits per heavy atom. The molecule has 0 atom stereocenters. The summed E-state index contributed by atoms with van der Waals surface area (Å²) in [5, 5.41) is 10.7. The molecular weight excluding hydrogens is 264 g/mol. The number of hydrogen-bond donors (Lipinski definition) is 0. The van der Waals surface area contributed by atoms with Crippen LogP contribution in [-0.2, 0) is 7.05 Å². The molecule has 0 aliphatic heterocycles. The zero-order valence-electron chi connectivity index (χ0n) is 11.4. The van der Waals surface area contributed by atoms with Crippen molar-refractivity contribution >= 4 is 10.8 Å². The van der Waals surface area contributed by atoms with Gasteiger partial charge in [0.25, 0.3) is 0 Å². The Labute approximate surface area is 120 Å². The topological polar surface area (TPSA) is 56.7 Å². The summed E-state index contributed by atoms with van der Waals surface area (Å²) in [5.41, 5.74) is 1.52. The Kier molecular flexibility index (Phi) is 2.57. The van der Waals surface area contributed by atoms with Crippen LogP contribution in [0.2, 0.25) is 0 Å². The van der Waals surface area contributed by atoms with Gasteiger partial charge in [-0.1, -0.05) is 24.3 Å². The minimum Gasteiger partial charge on any atom is -0.463 e. The Balaban J connectivity index is 2.05. The first-order valence-corrected chi connectivity index (χ1v) is 6.61. The molecule has 3 heterocycles. The number of imidazole rings is 1. The maximum Gasteiger partial charge on any atom is 0.160 e. The van der Waals surface area contributed by atoms with Gasteiger partial charge >= 0.3 is 0 Å². The van der Waals surface area contributed by atoms with Crippen LogP contribution in [0.15, 0.2) is 59.5 Å². The van der Waals surface area contributed by atoms with E-state index in [1.54, 1.807) is 12.5 Å². The highest BCUT2D eigenvalue weighted by Gasteiger charge is 2.15. The second-order valence-corrected chi connectivity index (χ2v) is 4.78. The lowest BCUT2D eigenvalue weighted by atomic mass is 10.1. The average Bonchev–Trinajstić information content (AvgIpc) is 3.18. The molecule has 102 valence electrons. The first-order valence-electron chi connectivity index (χ1n) is 6.61. The molecule has 0 aliphatic carbocycles. The number of furan rings is 1. The van der Waals surface area contributed by atoms with Crippen molar-refractivity contribution in [3.8, 4) is 23.0 Å². The summed E-state index contributed by atoms with van der Waals surface area (Å²) in [7, 11) is 1.94. The van der Waals surface area contributed by atoms with E-state index in [1.807, 2.05) is 54.2 Å². The van der Waals surface area contributed by atoms with E-state index in [4.69, 9.17) is 4.42 Å². The smallest absolute Gasteiger partial charge is 0.160 e. The van der Waals surface area contributed by atoms with Gasteiger partial charge in [0.1, 0.15) is 11.4 Å². The van der Waals surface area contributed by atoms with E-state index < -0.39 is 0 Å². The number of benzene rings is 1. The summed E-state index contributed by atoms with van der Waals surface area (Å²) < 4.78 is 7.39. The van der Waals surface area contributed by atoms with Crippen LogP contribution in [0.4, 0.5) is 0 Å². The molecular formula is C16H12N4O. The third kappa shape index (κ3) is 1.82. The highest BCUT2D eigenvalue weighted by molar-refractivity contribution is 5.99. The van der Waals surface area contributed by atoms with Crippen LogP contribution < -0.4 is 0 Å². The van der Waals surface area contributed by atoms with Crippen LogP contribution in [0.1, 0.15) is 0 Å². The Hall–Kier alpha value is -2.95. The number of aryl methyl sites for hydroxylation is 1. The second-order valence-electron chi connectivity index (χ2n) is 4.78. The quantitative estimate of drug-likeness (QED) is 0.563. The molecule has 0 aliphatic rings. The maximum absolute atomic E-state index is 5.46. The van der Waals surface area contributed by atoms with Gasteiger partial charge in [0.15, 0.2) is 11.6 Å².